The molecule has 5 heteroatoms. The average Bonchev–Trinajstić information content (AvgIpc) is 2.52. The summed E-state index contributed by atoms with van der Waals surface area (Å²) in [5.41, 5.74) is 1.17. The molecule has 1 amide bonds. The monoisotopic (exact) mass is 293 g/mol. The fourth-order valence-electron chi connectivity index (χ4n) is 1.80. The third kappa shape index (κ3) is 6.29. The Morgan fingerprint density at radius 1 is 1.29 bits per heavy atom. The zero-order valence-electron chi connectivity index (χ0n) is 12.9. The van der Waals surface area contributed by atoms with Crippen molar-refractivity contribution in [3.8, 4) is 5.75 Å². The van der Waals surface area contributed by atoms with E-state index in [1.54, 1.807) is 11.9 Å². The quantitative estimate of drug-likeness (QED) is 0.688. The van der Waals surface area contributed by atoms with Gasteiger partial charge < -0.3 is 14.4 Å². The van der Waals surface area contributed by atoms with Crippen LogP contribution in [0.15, 0.2) is 24.3 Å². The van der Waals surface area contributed by atoms with E-state index in [4.69, 9.17) is 4.74 Å². The summed E-state index contributed by atoms with van der Waals surface area (Å²) in [6.07, 6.45) is 1.83. The summed E-state index contributed by atoms with van der Waals surface area (Å²) in [6, 6.07) is 7.71. The molecule has 0 aliphatic heterocycles. The number of nitrogens with zero attached hydrogens (tertiary/aromatic N) is 1. The standard InChI is InChI=1S/C16H23NO4/c1-4-13-7-5-8-14(11-13)21-12-15(18)17(2)10-6-9-16(19)20-3/h5,7-8,11H,4,6,9-10,12H2,1-3H3. The van der Waals surface area contributed by atoms with Crippen LogP contribution in [0.1, 0.15) is 25.3 Å². The number of ether oxygens (including phenoxy) is 2. The molecule has 1 aromatic rings. The number of carbonyl (C=O) groups is 2. The normalized spacial score (nSPS) is 10.0. The van der Waals surface area contributed by atoms with E-state index in [9.17, 15) is 9.59 Å². The number of rotatable bonds is 8. The van der Waals surface area contributed by atoms with Gasteiger partial charge in [0.05, 0.1) is 7.11 Å². The molecule has 0 unspecified atom stereocenters. The summed E-state index contributed by atoms with van der Waals surface area (Å²) in [5.74, 6) is 0.330. The second-order valence-corrected chi connectivity index (χ2v) is 4.78. The van der Waals surface area contributed by atoms with E-state index in [-0.39, 0.29) is 18.5 Å². The van der Waals surface area contributed by atoms with Gasteiger partial charge in [0.2, 0.25) is 0 Å². The van der Waals surface area contributed by atoms with Crippen molar-refractivity contribution in [2.24, 2.45) is 0 Å². The number of hydrogen-bond acceptors (Lipinski definition) is 4. The lowest BCUT2D eigenvalue weighted by Crippen LogP contribution is -2.32. The number of likely N-dealkylation sites (N-methyl/N-ethyl adjacent to an activating group) is 1. The predicted molar refractivity (Wildman–Crippen MR) is 80.2 cm³/mol. The molecule has 0 spiro atoms. The number of hydrogen-bond donors (Lipinski definition) is 0. The fourth-order valence-corrected chi connectivity index (χ4v) is 1.80. The van der Waals surface area contributed by atoms with E-state index in [1.807, 2.05) is 24.3 Å². The van der Waals surface area contributed by atoms with Crippen LogP contribution in [0.5, 0.6) is 5.75 Å². The maximum Gasteiger partial charge on any atom is 0.305 e. The molecular weight excluding hydrogens is 270 g/mol. The van der Waals surface area contributed by atoms with Crippen molar-refractivity contribution < 1.29 is 19.1 Å². The lowest BCUT2D eigenvalue weighted by Gasteiger charge is -2.17. The second-order valence-electron chi connectivity index (χ2n) is 4.78. The molecule has 5 nitrogen and oxygen atoms in total. The van der Waals surface area contributed by atoms with Crippen LogP contribution in [0.4, 0.5) is 0 Å². The maximum absolute atomic E-state index is 11.9. The molecule has 1 rings (SSSR count). The van der Waals surface area contributed by atoms with Gasteiger partial charge in [0, 0.05) is 20.0 Å². The van der Waals surface area contributed by atoms with Crippen LogP contribution in [0.3, 0.4) is 0 Å². The molecule has 116 valence electrons. The van der Waals surface area contributed by atoms with Crippen molar-refractivity contribution >= 4 is 11.9 Å². The molecule has 0 radical (unpaired) electrons. The molecule has 0 aromatic heterocycles. The molecule has 1 aromatic carbocycles. The summed E-state index contributed by atoms with van der Waals surface area (Å²) >= 11 is 0. The Morgan fingerprint density at radius 2 is 2.05 bits per heavy atom. The molecule has 21 heavy (non-hydrogen) atoms. The molecular formula is C16H23NO4. The van der Waals surface area contributed by atoms with E-state index < -0.39 is 0 Å². The average molecular weight is 293 g/mol. The lowest BCUT2D eigenvalue weighted by molar-refractivity contribution is -0.141. The molecule has 0 fully saturated rings. The summed E-state index contributed by atoms with van der Waals surface area (Å²) in [4.78, 5) is 24.4. The van der Waals surface area contributed by atoms with Crippen molar-refractivity contribution in [3.05, 3.63) is 29.8 Å². The van der Waals surface area contributed by atoms with Crippen LogP contribution in [0.2, 0.25) is 0 Å². The van der Waals surface area contributed by atoms with Crippen molar-refractivity contribution in [2.45, 2.75) is 26.2 Å². The number of carbonyl (C=O) groups excluding carboxylic acids is 2. The Kier molecular flexibility index (Phi) is 7.29. The molecule has 0 N–H and O–H groups in total. The number of esters is 1. The smallest absolute Gasteiger partial charge is 0.305 e. The Hall–Kier alpha value is -2.04. The van der Waals surface area contributed by atoms with Crippen molar-refractivity contribution in [1.82, 2.24) is 4.90 Å². The first-order valence-electron chi connectivity index (χ1n) is 7.09. The van der Waals surface area contributed by atoms with Crippen molar-refractivity contribution in [3.63, 3.8) is 0 Å². The SMILES string of the molecule is CCc1cccc(OCC(=O)N(C)CCCC(=O)OC)c1. The van der Waals surface area contributed by atoms with Crippen LogP contribution in [0.25, 0.3) is 0 Å². The summed E-state index contributed by atoms with van der Waals surface area (Å²) in [6.45, 7) is 2.58. The van der Waals surface area contributed by atoms with Gasteiger partial charge in [-0.25, -0.2) is 0 Å². The second kappa shape index (κ2) is 9.00. The highest BCUT2D eigenvalue weighted by molar-refractivity contribution is 5.77. The maximum atomic E-state index is 11.9. The van der Waals surface area contributed by atoms with Crippen LogP contribution in [0, 0.1) is 0 Å². The first-order valence-corrected chi connectivity index (χ1v) is 7.09. The van der Waals surface area contributed by atoms with E-state index >= 15 is 0 Å². The van der Waals surface area contributed by atoms with Gasteiger partial charge in [-0.1, -0.05) is 19.1 Å². The third-order valence-corrected chi connectivity index (χ3v) is 3.20. The molecule has 0 atom stereocenters. The Balaban J connectivity index is 2.33. The molecule has 0 aliphatic rings. The van der Waals surface area contributed by atoms with Gasteiger partial charge in [-0.3, -0.25) is 9.59 Å². The van der Waals surface area contributed by atoms with Gasteiger partial charge in [-0.15, -0.1) is 0 Å². The summed E-state index contributed by atoms with van der Waals surface area (Å²) in [5, 5.41) is 0. The lowest BCUT2D eigenvalue weighted by atomic mass is 10.2. The van der Waals surface area contributed by atoms with Gasteiger partial charge in [-0.2, -0.15) is 0 Å². The van der Waals surface area contributed by atoms with Crippen LogP contribution in [-0.2, 0) is 20.7 Å². The van der Waals surface area contributed by atoms with Gasteiger partial charge >= 0.3 is 5.97 Å². The van der Waals surface area contributed by atoms with E-state index in [2.05, 4.69) is 11.7 Å². The minimum absolute atomic E-state index is 0.00188. The molecule has 0 saturated carbocycles. The van der Waals surface area contributed by atoms with Crippen molar-refractivity contribution in [2.75, 3.05) is 27.3 Å². The Bertz CT molecular complexity index is 473. The largest absolute Gasteiger partial charge is 0.484 e. The first-order chi connectivity index (χ1) is 10.1. The first kappa shape index (κ1) is 17.0. The Labute approximate surface area is 125 Å². The molecule has 0 saturated heterocycles. The highest BCUT2D eigenvalue weighted by atomic mass is 16.5. The molecule has 0 aliphatic carbocycles. The topological polar surface area (TPSA) is 55.8 Å². The van der Waals surface area contributed by atoms with Crippen molar-refractivity contribution in [1.29, 1.82) is 0 Å². The van der Waals surface area contributed by atoms with Crippen LogP contribution in [-0.4, -0.2) is 44.1 Å². The number of methoxy groups -OCH3 is 1. The highest BCUT2D eigenvalue weighted by Crippen LogP contribution is 2.13. The van der Waals surface area contributed by atoms with Gasteiger partial charge in [0.15, 0.2) is 6.61 Å². The van der Waals surface area contributed by atoms with E-state index in [1.165, 1.54) is 12.7 Å². The van der Waals surface area contributed by atoms with E-state index in [0.717, 1.165) is 6.42 Å². The van der Waals surface area contributed by atoms with Gasteiger partial charge in [0.25, 0.3) is 5.91 Å². The number of aryl methyl sites for hydroxylation is 1. The minimum atomic E-state index is -0.261. The summed E-state index contributed by atoms with van der Waals surface area (Å²) in [7, 11) is 3.06. The van der Waals surface area contributed by atoms with Crippen LogP contribution >= 0.6 is 0 Å². The fraction of sp³-hybridized carbons (Fsp3) is 0.500. The zero-order chi connectivity index (χ0) is 15.7. The summed E-state index contributed by atoms with van der Waals surface area (Å²) < 4.78 is 10.0. The van der Waals surface area contributed by atoms with Gasteiger partial charge in [0.1, 0.15) is 5.75 Å². The zero-order valence-corrected chi connectivity index (χ0v) is 12.9. The highest BCUT2D eigenvalue weighted by Gasteiger charge is 2.10. The van der Waals surface area contributed by atoms with Gasteiger partial charge in [-0.05, 0) is 30.5 Å². The van der Waals surface area contributed by atoms with Crippen LogP contribution < -0.4 is 4.74 Å². The minimum Gasteiger partial charge on any atom is -0.484 e. The molecule has 0 heterocycles. The number of benzene rings is 1. The Morgan fingerprint density at radius 3 is 2.71 bits per heavy atom. The number of amides is 1. The van der Waals surface area contributed by atoms with E-state index in [0.29, 0.717) is 25.1 Å². The molecule has 0 bridgehead atoms. The predicted octanol–water partition coefficient (Wildman–Crippen LogP) is 2.04. The third-order valence-electron chi connectivity index (χ3n) is 3.20.